The van der Waals surface area contributed by atoms with Crippen molar-refractivity contribution in [1.82, 2.24) is 0 Å². The topological polar surface area (TPSA) is 66.6 Å². The van der Waals surface area contributed by atoms with Crippen molar-refractivity contribution in [3.8, 4) is 5.75 Å². The Bertz CT molecular complexity index is 821. The number of rotatable bonds is 4. The van der Waals surface area contributed by atoms with Gasteiger partial charge in [-0.25, -0.2) is 0 Å². The molecule has 2 aromatic carbocycles. The fraction of sp³-hybridized carbons (Fsp3) is 0.176. The first-order valence-corrected chi connectivity index (χ1v) is 7.66. The monoisotopic (exact) mass is 342 g/mol. The Labute approximate surface area is 144 Å². The van der Waals surface area contributed by atoms with Crippen molar-refractivity contribution in [2.75, 3.05) is 12.1 Å². The van der Waals surface area contributed by atoms with Gasteiger partial charge < -0.3 is 4.74 Å². The van der Waals surface area contributed by atoms with Crippen molar-refractivity contribution in [3.05, 3.63) is 53.6 Å². The molecule has 3 rings (SSSR count). The molecule has 0 fully saturated rings. The maximum absolute atomic E-state index is 12.6. The van der Waals surface area contributed by atoms with Crippen molar-refractivity contribution in [2.24, 2.45) is 15.3 Å². The Kier molecular flexibility index (Phi) is 4.57. The lowest BCUT2D eigenvalue weighted by molar-refractivity contribution is -0.117. The lowest BCUT2D eigenvalue weighted by Gasteiger charge is -2.12. The molecule has 1 aliphatic heterocycles. The maximum atomic E-state index is 12.6. The zero-order valence-corrected chi connectivity index (χ0v) is 13.9. The summed E-state index contributed by atoms with van der Waals surface area (Å²) in [7, 11) is 1.52. The number of benzene rings is 2. The van der Waals surface area contributed by atoms with E-state index >= 15 is 0 Å². The van der Waals surface area contributed by atoms with Crippen molar-refractivity contribution in [2.45, 2.75) is 13.0 Å². The third-order valence-electron chi connectivity index (χ3n) is 3.52. The fourth-order valence-corrected chi connectivity index (χ4v) is 2.46. The minimum atomic E-state index is -0.745. The molecule has 0 aromatic heterocycles. The number of carbonyl (C=O) groups excluding carboxylic acids is 1. The number of carbonyl (C=O) groups is 1. The molecule has 0 N–H and O–H groups in total. The van der Waals surface area contributed by atoms with E-state index in [9.17, 15) is 4.79 Å². The molecule has 7 heteroatoms. The minimum Gasteiger partial charge on any atom is -0.494 e. The van der Waals surface area contributed by atoms with Gasteiger partial charge in [-0.15, -0.1) is 0 Å². The Morgan fingerprint density at radius 3 is 2.67 bits per heavy atom. The van der Waals surface area contributed by atoms with Crippen LogP contribution in [-0.2, 0) is 4.79 Å². The van der Waals surface area contributed by atoms with Crippen LogP contribution >= 0.6 is 11.6 Å². The number of ether oxygens (including phenoxy) is 1. The van der Waals surface area contributed by atoms with Crippen LogP contribution in [0, 0.1) is 0 Å². The SMILES string of the molecule is COc1cc(Cl)ccc1N=N[C@@H]1C(=O)N(c2ccccc2)N=C1C. The standard InChI is InChI=1S/C17H15ClN4O2/c1-11-16(17(23)22(21-11)13-6-4-3-5-7-13)20-19-14-9-8-12(18)10-15(14)24-2/h3-10,16H,1-2H3/t16-/m0/s1. The molecule has 122 valence electrons. The van der Waals surface area contributed by atoms with E-state index in [0.29, 0.717) is 27.9 Å². The van der Waals surface area contributed by atoms with Crippen LogP contribution in [0.5, 0.6) is 5.75 Å². The summed E-state index contributed by atoms with van der Waals surface area (Å²) in [6.45, 7) is 1.75. The van der Waals surface area contributed by atoms with Gasteiger partial charge >= 0.3 is 0 Å². The first-order valence-electron chi connectivity index (χ1n) is 7.28. The number of para-hydroxylation sites is 1. The minimum absolute atomic E-state index is 0.240. The summed E-state index contributed by atoms with van der Waals surface area (Å²) >= 11 is 5.92. The Morgan fingerprint density at radius 1 is 1.21 bits per heavy atom. The molecular formula is C17H15ClN4O2. The van der Waals surface area contributed by atoms with Crippen molar-refractivity contribution >= 4 is 34.6 Å². The van der Waals surface area contributed by atoms with Crippen LogP contribution in [0.2, 0.25) is 5.02 Å². The van der Waals surface area contributed by atoms with Gasteiger partial charge in [-0.1, -0.05) is 29.8 Å². The number of hydrogen-bond donors (Lipinski definition) is 0. The first kappa shape index (κ1) is 16.1. The molecular weight excluding hydrogens is 328 g/mol. The second-order valence-electron chi connectivity index (χ2n) is 5.16. The third kappa shape index (κ3) is 3.14. The smallest absolute Gasteiger partial charge is 0.280 e. The van der Waals surface area contributed by atoms with Gasteiger partial charge in [-0.2, -0.15) is 20.3 Å². The van der Waals surface area contributed by atoms with Crippen molar-refractivity contribution < 1.29 is 9.53 Å². The van der Waals surface area contributed by atoms with Gasteiger partial charge in [-0.3, -0.25) is 4.79 Å². The van der Waals surface area contributed by atoms with E-state index in [-0.39, 0.29) is 5.91 Å². The van der Waals surface area contributed by atoms with E-state index < -0.39 is 6.04 Å². The molecule has 0 saturated carbocycles. The summed E-state index contributed by atoms with van der Waals surface area (Å²) < 4.78 is 5.22. The molecule has 0 unspecified atom stereocenters. The number of methoxy groups -OCH3 is 1. The molecule has 0 radical (unpaired) electrons. The molecule has 0 spiro atoms. The van der Waals surface area contributed by atoms with Gasteiger partial charge in [0, 0.05) is 11.1 Å². The fourth-order valence-electron chi connectivity index (χ4n) is 2.30. The number of amides is 1. The number of azo groups is 1. The third-order valence-corrected chi connectivity index (χ3v) is 3.75. The van der Waals surface area contributed by atoms with E-state index in [2.05, 4.69) is 15.3 Å². The Morgan fingerprint density at radius 2 is 1.96 bits per heavy atom. The quantitative estimate of drug-likeness (QED) is 0.780. The van der Waals surface area contributed by atoms with Crippen LogP contribution in [0.1, 0.15) is 6.92 Å². The molecule has 0 bridgehead atoms. The normalized spacial score (nSPS) is 17.5. The highest BCUT2D eigenvalue weighted by Crippen LogP contribution is 2.31. The maximum Gasteiger partial charge on any atom is 0.280 e. The van der Waals surface area contributed by atoms with Gasteiger partial charge in [0.25, 0.3) is 5.91 Å². The molecule has 0 saturated heterocycles. The second-order valence-corrected chi connectivity index (χ2v) is 5.60. The highest BCUT2D eigenvalue weighted by Gasteiger charge is 2.34. The van der Waals surface area contributed by atoms with E-state index in [1.807, 2.05) is 30.3 Å². The molecule has 1 aliphatic rings. The van der Waals surface area contributed by atoms with Crippen LogP contribution in [0.25, 0.3) is 0 Å². The highest BCUT2D eigenvalue weighted by molar-refractivity contribution is 6.30. The Balaban J connectivity index is 1.84. The van der Waals surface area contributed by atoms with E-state index in [1.165, 1.54) is 12.1 Å². The Hall–Kier alpha value is -2.73. The average Bonchev–Trinajstić information content (AvgIpc) is 2.89. The number of hydrogen-bond acceptors (Lipinski definition) is 5. The molecule has 1 atom stereocenters. The van der Waals surface area contributed by atoms with Crippen molar-refractivity contribution in [1.29, 1.82) is 0 Å². The van der Waals surface area contributed by atoms with E-state index in [1.54, 1.807) is 25.1 Å². The summed E-state index contributed by atoms with van der Waals surface area (Å²) in [5, 5.41) is 14.5. The predicted octanol–water partition coefficient (Wildman–Crippen LogP) is 4.22. The molecule has 0 aliphatic carbocycles. The summed E-state index contributed by atoms with van der Waals surface area (Å²) in [5.74, 6) is 0.251. The number of nitrogens with zero attached hydrogens (tertiary/aromatic N) is 4. The van der Waals surface area contributed by atoms with Gasteiger partial charge in [0.15, 0.2) is 6.04 Å². The molecule has 1 amide bonds. The van der Waals surface area contributed by atoms with E-state index in [0.717, 1.165) is 0 Å². The summed E-state index contributed by atoms with van der Waals surface area (Å²) in [4.78, 5) is 12.6. The number of halogens is 1. The van der Waals surface area contributed by atoms with Crippen LogP contribution < -0.4 is 9.75 Å². The summed E-state index contributed by atoms with van der Waals surface area (Å²) in [6, 6.07) is 13.5. The molecule has 2 aromatic rings. The van der Waals surface area contributed by atoms with Crippen LogP contribution in [0.15, 0.2) is 63.9 Å². The lowest BCUT2D eigenvalue weighted by atomic mass is 10.2. The van der Waals surface area contributed by atoms with Gasteiger partial charge in [0.2, 0.25) is 0 Å². The largest absolute Gasteiger partial charge is 0.494 e. The average molecular weight is 343 g/mol. The van der Waals surface area contributed by atoms with E-state index in [4.69, 9.17) is 16.3 Å². The second kappa shape index (κ2) is 6.80. The number of anilines is 1. The zero-order chi connectivity index (χ0) is 17.1. The van der Waals surface area contributed by atoms with Crippen LogP contribution in [0.3, 0.4) is 0 Å². The molecule has 24 heavy (non-hydrogen) atoms. The zero-order valence-electron chi connectivity index (χ0n) is 13.2. The van der Waals surface area contributed by atoms with Crippen molar-refractivity contribution in [3.63, 3.8) is 0 Å². The predicted molar refractivity (Wildman–Crippen MR) is 93.3 cm³/mol. The number of hydrazone groups is 1. The highest BCUT2D eigenvalue weighted by atomic mass is 35.5. The van der Waals surface area contributed by atoms with Crippen LogP contribution in [-0.4, -0.2) is 24.8 Å². The lowest BCUT2D eigenvalue weighted by Crippen LogP contribution is -2.29. The summed E-state index contributed by atoms with van der Waals surface area (Å²) in [6.07, 6.45) is 0. The van der Waals surface area contributed by atoms with Gasteiger partial charge in [0.1, 0.15) is 11.4 Å². The van der Waals surface area contributed by atoms with Gasteiger partial charge in [-0.05, 0) is 31.2 Å². The van der Waals surface area contributed by atoms with Crippen LogP contribution in [0.4, 0.5) is 11.4 Å². The molecule has 6 nitrogen and oxygen atoms in total. The van der Waals surface area contributed by atoms with Gasteiger partial charge in [0.05, 0.1) is 18.5 Å². The summed E-state index contributed by atoms with van der Waals surface area (Å²) in [5.41, 5.74) is 1.78. The molecule has 1 heterocycles. The first-order chi connectivity index (χ1) is 11.6.